The van der Waals surface area contributed by atoms with E-state index in [2.05, 4.69) is 9.97 Å². The van der Waals surface area contributed by atoms with E-state index in [0.717, 1.165) is 4.57 Å². The molecule has 0 saturated heterocycles. The Morgan fingerprint density at radius 1 is 0.880 bits per heavy atom. The van der Waals surface area contributed by atoms with Crippen LogP contribution in [0.15, 0.2) is 42.7 Å². The largest absolute Gasteiger partial charge is 0.494 e. The zero-order valence-electron chi connectivity index (χ0n) is 12.5. The number of aromatic carboxylic acids is 2. The van der Waals surface area contributed by atoms with Crippen LogP contribution in [-0.4, -0.2) is 46.9 Å². The van der Waals surface area contributed by atoms with Crippen molar-refractivity contribution >= 4 is 11.9 Å². The maximum absolute atomic E-state index is 11.6. The predicted molar refractivity (Wildman–Crippen MR) is 84.0 cm³/mol. The van der Waals surface area contributed by atoms with Gasteiger partial charge in [-0.3, -0.25) is 9.97 Å². The second-order valence-electron chi connectivity index (χ2n) is 4.98. The van der Waals surface area contributed by atoms with Crippen molar-refractivity contribution in [2.45, 2.75) is 0 Å². The third kappa shape index (κ3) is 2.74. The highest BCUT2D eigenvalue weighted by Crippen LogP contribution is 2.34. The summed E-state index contributed by atoms with van der Waals surface area (Å²) in [7, 11) is 0. The first kappa shape index (κ1) is 16.0. The molecule has 0 spiro atoms. The molecular formula is C16H11N3O6. The number of nitrogens with zero attached hydrogens (tertiary/aromatic N) is 3. The minimum absolute atomic E-state index is 0.00944. The maximum Gasteiger partial charge on any atom is 0.337 e. The van der Waals surface area contributed by atoms with Crippen LogP contribution in [0.1, 0.15) is 20.7 Å². The Morgan fingerprint density at radius 3 is 2.12 bits per heavy atom. The van der Waals surface area contributed by atoms with E-state index < -0.39 is 23.7 Å². The summed E-state index contributed by atoms with van der Waals surface area (Å²) in [5.41, 5.74) is -0.394. The summed E-state index contributed by atoms with van der Waals surface area (Å²) in [6.45, 7) is 0. The first-order valence-electron chi connectivity index (χ1n) is 6.92. The van der Waals surface area contributed by atoms with Crippen LogP contribution in [0.2, 0.25) is 0 Å². The minimum atomic E-state index is -1.32. The van der Waals surface area contributed by atoms with E-state index in [4.69, 9.17) is 5.11 Å². The third-order valence-corrected chi connectivity index (χ3v) is 3.47. The highest BCUT2D eigenvalue weighted by Gasteiger charge is 2.23. The summed E-state index contributed by atoms with van der Waals surface area (Å²) in [5, 5.41) is 38.5. The number of rotatable bonds is 4. The van der Waals surface area contributed by atoms with Gasteiger partial charge in [-0.05, 0) is 18.2 Å². The van der Waals surface area contributed by atoms with Gasteiger partial charge in [0.1, 0.15) is 5.69 Å². The zero-order valence-corrected chi connectivity index (χ0v) is 12.5. The van der Waals surface area contributed by atoms with E-state index in [-0.39, 0.29) is 28.2 Å². The Hall–Kier alpha value is -3.88. The molecule has 0 fully saturated rings. The van der Waals surface area contributed by atoms with E-state index in [1.165, 1.54) is 42.7 Å². The molecule has 3 heterocycles. The molecule has 3 aromatic heterocycles. The Kier molecular flexibility index (Phi) is 3.82. The van der Waals surface area contributed by atoms with Crippen LogP contribution in [0.4, 0.5) is 0 Å². The molecule has 0 unspecified atom stereocenters. The van der Waals surface area contributed by atoms with Crippen molar-refractivity contribution in [1.29, 1.82) is 0 Å². The van der Waals surface area contributed by atoms with Gasteiger partial charge in [-0.1, -0.05) is 0 Å². The van der Waals surface area contributed by atoms with Crippen molar-refractivity contribution in [3.05, 3.63) is 53.9 Å². The fourth-order valence-electron chi connectivity index (χ4n) is 2.38. The van der Waals surface area contributed by atoms with Crippen molar-refractivity contribution < 1.29 is 30.0 Å². The van der Waals surface area contributed by atoms with Gasteiger partial charge in [0.15, 0.2) is 11.8 Å². The number of hydrogen-bond acceptors (Lipinski definition) is 6. The van der Waals surface area contributed by atoms with Gasteiger partial charge in [0.05, 0.1) is 22.5 Å². The molecular weight excluding hydrogens is 330 g/mol. The molecule has 3 aromatic rings. The number of carboxylic acids is 2. The molecule has 0 aromatic carbocycles. The van der Waals surface area contributed by atoms with Crippen LogP contribution in [-0.2, 0) is 0 Å². The lowest BCUT2D eigenvalue weighted by Crippen LogP contribution is -2.09. The van der Waals surface area contributed by atoms with Crippen molar-refractivity contribution in [3.63, 3.8) is 0 Å². The average molecular weight is 341 g/mol. The molecule has 25 heavy (non-hydrogen) atoms. The van der Waals surface area contributed by atoms with Crippen LogP contribution in [0, 0.1) is 0 Å². The number of carbonyl (C=O) groups is 2. The van der Waals surface area contributed by atoms with Crippen molar-refractivity contribution in [1.82, 2.24) is 14.5 Å². The third-order valence-electron chi connectivity index (χ3n) is 3.47. The molecule has 0 aliphatic carbocycles. The van der Waals surface area contributed by atoms with Crippen LogP contribution < -0.4 is 0 Å². The molecule has 0 saturated carbocycles. The molecule has 0 radical (unpaired) electrons. The SMILES string of the molecule is O=C(O)c1ccnc(-c2nccc(C(=O)O)c2-n2c(O)ccc2O)c1. The lowest BCUT2D eigenvalue weighted by atomic mass is 10.1. The molecule has 9 heteroatoms. The van der Waals surface area contributed by atoms with Crippen molar-refractivity contribution in [2.75, 3.05) is 0 Å². The van der Waals surface area contributed by atoms with Crippen molar-refractivity contribution in [3.8, 4) is 28.8 Å². The van der Waals surface area contributed by atoms with Gasteiger partial charge in [0.2, 0.25) is 0 Å². The average Bonchev–Trinajstić information content (AvgIpc) is 2.92. The Bertz CT molecular complexity index is 976. The van der Waals surface area contributed by atoms with E-state index >= 15 is 0 Å². The predicted octanol–water partition coefficient (Wildman–Crippen LogP) is 1.74. The van der Waals surface area contributed by atoms with E-state index in [1.54, 1.807) is 0 Å². The topological polar surface area (TPSA) is 146 Å². The van der Waals surface area contributed by atoms with Gasteiger partial charge in [-0.2, -0.15) is 0 Å². The number of aromatic nitrogens is 3. The maximum atomic E-state index is 11.6. The normalized spacial score (nSPS) is 10.6. The smallest absolute Gasteiger partial charge is 0.337 e. The molecule has 0 aliphatic rings. The molecule has 4 N–H and O–H groups in total. The van der Waals surface area contributed by atoms with E-state index in [9.17, 15) is 24.9 Å². The summed E-state index contributed by atoms with van der Waals surface area (Å²) in [5.74, 6) is -3.33. The Morgan fingerprint density at radius 2 is 1.52 bits per heavy atom. The van der Waals surface area contributed by atoms with Crippen molar-refractivity contribution in [2.24, 2.45) is 0 Å². The van der Waals surface area contributed by atoms with Gasteiger partial charge in [0, 0.05) is 24.5 Å². The first-order chi connectivity index (χ1) is 11.9. The molecule has 0 aliphatic heterocycles. The van der Waals surface area contributed by atoms with Gasteiger partial charge in [-0.15, -0.1) is 0 Å². The van der Waals surface area contributed by atoms with Gasteiger partial charge >= 0.3 is 11.9 Å². The van der Waals surface area contributed by atoms with Crippen LogP contribution in [0.25, 0.3) is 17.1 Å². The zero-order chi connectivity index (χ0) is 18.1. The number of hydrogen-bond donors (Lipinski definition) is 4. The lowest BCUT2D eigenvalue weighted by Gasteiger charge is -2.14. The van der Waals surface area contributed by atoms with E-state index in [1.807, 2.05) is 0 Å². The minimum Gasteiger partial charge on any atom is -0.494 e. The molecule has 3 rings (SSSR count). The molecule has 0 amide bonds. The molecule has 0 bridgehead atoms. The van der Waals surface area contributed by atoms with Gasteiger partial charge < -0.3 is 20.4 Å². The quantitative estimate of drug-likeness (QED) is 0.561. The molecule has 126 valence electrons. The second kappa shape index (κ2) is 5.96. The van der Waals surface area contributed by atoms with Crippen LogP contribution >= 0.6 is 0 Å². The summed E-state index contributed by atoms with van der Waals surface area (Å²) >= 11 is 0. The second-order valence-corrected chi connectivity index (χ2v) is 4.98. The highest BCUT2D eigenvalue weighted by atomic mass is 16.4. The number of pyridine rings is 2. The fourth-order valence-corrected chi connectivity index (χ4v) is 2.38. The molecule has 9 nitrogen and oxygen atoms in total. The Labute approximate surface area is 140 Å². The molecule has 0 atom stereocenters. The van der Waals surface area contributed by atoms with Crippen LogP contribution in [0.3, 0.4) is 0 Å². The summed E-state index contributed by atoms with van der Waals surface area (Å²) in [6.07, 6.45) is 2.46. The number of carboxylic acid groups (broad SMARTS) is 2. The van der Waals surface area contributed by atoms with E-state index in [0.29, 0.717) is 0 Å². The number of aromatic hydroxyl groups is 2. The monoisotopic (exact) mass is 341 g/mol. The van der Waals surface area contributed by atoms with Gasteiger partial charge in [-0.25, -0.2) is 14.2 Å². The summed E-state index contributed by atoms with van der Waals surface area (Å²) in [4.78, 5) is 30.8. The van der Waals surface area contributed by atoms with Gasteiger partial charge in [0.25, 0.3) is 0 Å². The summed E-state index contributed by atoms with van der Waals surface area (Å²) < 4.78 is 0.890. The summed E-state index contributed by atoms with van der Waals surface area (Å²) in [6, 6.07) is 6.05. The highest BCUT2D eigenvalue weighted by molar-refractivity contribution is 5.95. The lowest BCUT2D eigenvalue weighted by molar-refractivity contribution is 0.0685. The fraction of sp³-hybridized carbons (Fsp3) is 0. The first-order valence-corrected chi connectivity index (χ1v) is 6.92. The van der Waals surface area contributed by atoms with Crippen LogP contribution in [0.5, 0.6) is 11.8 Å². The Balaban J connectivity index is 2.35. The standard InChI is InChI=1S/C16H11N3O6/c20-11-1-2-12(21)19(11)14-9(16(24)25)4-6-18-13(14)10-7-8(15(22)23)3-5-17-10/h1-7,20-21H,(H,22,23)(H,24,25).